The van der Waals surface area contributed by atoms with Gasteiger partial charge in [0.05, 0.1) is 12.2 Å². The van der Waals surface area contributed by atoms with Gasteiger partial charge < -0.3 is 36.8 Å². The predicted octanol–water partition coefficient (Wildman–Crippen LogP) is 0.165. The minimum Gasteiger partial charge on any atom is -0.391 e. The number of hydrogen-bond donors (Lipinski definition) is 5. The number of carbonyl (C=O) groups excluding carboxylic acids is 4. The second kappa shape index (κ2) is 12.4. The van der Waals surface area contributed by atoms with Crippen molar-refractivity contribution in [3.63, 3.8) is 0 Å². The number of likely N-dealkylation sites (tertiary alicyclic amines) is 2. The van der Waals surface area contributed by atoms with E-state index in [2.05, 4.69) is 37.2 Å². The Morgan fingerprint density at radius 3 is 2.26 bits per heavy atom. The molecule has 7 N–H and O–H groups in total. The molecule has 3 rings (SSSR count). The van der Waals surface area contributed by atoms with E-state index in [1.165, 1.54) is 23.6 Å². The fourth-order valence-electron chi connectivity index (χ4n) is 5.32. The Hall–Kier alpha value is -2.06. The fourth-order valence-corrected chi connectivity index (χ4v) is 6.71. The van der Waals surface area contributed by atoms with Crippen molar-refractivity contribution in [1.82, 2.24) is 15.1 Å². The van der Waals surface area contributed by atoms with Gasteiger partial charge >= 0.3 is 0 Å². The second-order valence-electron chi connectivity index (χ2n) is 10.1. The summed E-state index contributed by atoms with van der Waals surface area (Å²) in [6.45, 7) is 3.34. The van der Waals surface area contributed by atoms with E-state index in [4.69, 9.17) is 11.5 Å². The van der Waals surface area contributed by atoms with Crippen LogP contribution in [0, 0.1) is 0 Å². The van der Waals surface area contributed by atoms with E-state index in [-0.39, 0.29) is 13.0 Å². The van der Waals surface area contributed by atoms with Crippen molar-refractivity contribution in [2.45, 2.75) is 81.8 Å². The number of carbonyl (C=O) groups is 4. The lowest BCUT2D eigenvalue weighted by Crippen LogP contribution is -2.65. The van der Waals surface area contributed by atoms with Crippen molar-refractivity contribution < 1.29 is 29.4 Å². The lowest BCUT2D eigenvalue weighted by Gasteiger charge is -2.41. The number of benzene rings is 1. The summed E-state index contributed by atoms with van der Waals surface area (Å²) in [6, 6.07) is 2.17. The van der Waals surface area contributed by atoms with Crippen molar-refractivity contribution in [1.29, 1.82) is 0 Å². The van der Waals surface area contributed by atoms with Gasteiger partial charge in [0.25, 0.3) is 0 Å². The molecule has 2 fully saturated rings. The lowest BCUT2D eigenvalue weighted by molar-refractivity contribution is -0.152. The van der Waals surface area contributed by atoms with Crippen LogP contribution in [0.5, 0.6) is 0 Å². The Kier molecular flexibility index (Phi) is 9.96. The van der Waals surface area contributed by atoms with E-state index >= 15 is 0 Å². The Balaban J connectivity index is 2.01. The minimum atomic E-state index is -1.40. The molecule has 2 saturated heterocycles. The van der Waals surface area contributed by atoms with E-state index in [0.29, 0.717) is 32.2 Å². The van der Waals surface area contributed by atoms with Crippen LogP contribution in [0.4, 0.5) is 0 Å². The molecule has 210 valence electrons. The molecule has 6 atom stereocenters. The SMILES string of the molecule is C[C@H](O)[C@H](N)C(=O)N1CCC[C@H]1C(=O)N1CCC[C@@]1(Cc1cc(Br)cc(Br)c1)C(=O)N[C@H](C(N)=O)[C@@H](C)O. The number of aliphatic hydroxyl groups excluding tert-OH is 2. The first-order chi connectivity index (χ1) is 17.8. The van der Waals surface area contributed by atoms with Gasteiger partial charge in [-0.3, -0.25) is 19.2 Å². The number of rotatable bonds is 9. The van der Waals surface area contributed by atoms with Crippen molar-refractivity contribution in [2.24, 2.45) is 11.5 Å². The van der Waals surface area contributed by atoms with E-state index in [1.807, 2.05) is 18.2 Å². The summed E-state index contributed by atoms with van der Waals surface area (Å²) in [4.78, 5) is 55.8. The van der Waals surface area contributed by atoms with Crippen molar-refractivity contribution in [2.75, 3.05) is 13.1 Å². The summed E-state index contributed by atoms with van der Waals surface area (Å²) in [5, 5.41) is 22.5. The Morgan fingerprint density at radius 2 is 1.71 bits per heavy atom. The maximum Gasteiger partial charge on any atom is 0.247 e. The number of nitrogens with zero attached hydrogens (tertiary/aromatic N) is 2. The molecule has 2 aliphatic rings. The maximum absolute atomic E-state index is 14.0. The number of amides is 4. The van der Waals surface area contributed by atoms with Crippen molar-refractivity contribution >= 4 is 55.5 Å². The zero-order valence-corrected chi connectivity index (χ0v) is 24.6. The molecule has 0 radical (unpaired) electrons. The maximum atomic E-state index is 14.0. The molecule has 0 aliphatic carbocycles. The molecule has 0 saturated carbocycles. The molecule has 0 aromatic heterocycles. The van der Waals surface area contributed by atoms with Gasteiger partial charge in [-0.15, -0.1) is 0 Å². The van der Waals surface area contributed by atoms with Gasteiger partial charge in [-0.2, -0.15) is 0 Å². The third-order valence-corrected chi connectivity index (χ3v) is 8.21. The van der Waals surface area contributed by atoms with Crippen LogP contribution in [0.15, 0.2) is 27.1 Å². The number of primary amides is 1. The molecule has 2 heterocycles. The van der Waals surface area contributed by atoms with E-state index in [0.717, 1.165) is 14.5 Å². The Morgan fingerprint density at radius 1 is 1.08 bits per heavy atom. The number of hydrogen-bond acceptors (Lipinski definition) is 7. The van der Waals surface area contributed by atoms with Gasteiger partial charge in [-0.05, 0) is 63.3 Å². The first-order valence-electron chi connectivity index (χ1n) is 12.6. The van der Waals surface area contributed by atoms with Crippen molar-refractivity contribution in [3.05, 3.63) is 32.7 Å². The molecule has 13 heteroatoms. The van der Waals surface area contributed by atoms with Crippen LogP contribution >= 0.6 is 31.9 Å². The summed E-state index contributed by atoms with van der Waals surface area (Å²) in [5.74, 6) is -2.43. The van der Waals surface area contributed by atoms with Crippen LogP contribution in [0.2, 0.25) is 0 Å². The molecule has 11 nitrogen and oxygen atoms in total. The third kappa shape index (κ3) is 6.39. The third-order valence-electron chi connectivity index (χ3n) is 7.30. The van der Waals surface area contributed by atoms with Gasteiger partial charge in [-0.25, -0.2) is 0 Å². The normalized spacial score (nSPS) is 24.6. The summed E-state index contributed by atoms with van der Waals surface area (Å²) in [5.41, 5.74) is 10.7. The van der Waals surface area contributed by atoms with Gasteiger partial charge in [0, 0.05) is 28.5 Å². The van der Waals surface area contributed by atoms with Gasteiger partial charge in [-0.1, -0.05) is 31.9 Å². The topological polar surface area (TPSA) is 179 Å². The monoisotopic (exact) mass is 659 g/mol. The van der Waals surface area contributed by atoms with Crippen LogP contribution < -0.4 is 16.8 Å². The zero-order chi connectivity index (χ0) is 28.4. The molecule has 2 aliphatic heterocycles. The largest absolute Gasteiger partial charge is 0.391 e. The van der Waals surface area contributed by atoms with Crippen LogP contribution in [-0.4, -0.2) is 92.6 Å². The summed E-state index contributed by atoms with van der Waals surface area (Å²) in [6.07, 6.45) is -0.425. The number of nitrogens with one attached hydrogen (secondary N) is 1. The van der Waals surface area contributed by atoms with E-state index < -0.39 is 59.5 Å². The van der Waals surface area contributed by atoms with E-state index in [1.54, 1.807) is 0 Å². The predicted molar refractivity (Wildman–Crippen MR) is 146 cm³/mol. The highest BCUT2D eigenvalue weighted by Gasteiger charge is 2.53. The molecule has 38 heavy (non-hydrogen) atoms. The number of halogens is 2. The Labute approximate surface area is 238 Å². The summed E-state index contributed by atoms with van der Waals surface area (Å²) < 4.78 is 1.54. The smallest absolute Gasteiger partial charge is 0.247 e. The first kappa shape index (κ1) is 30.5. The second-order valence-corrected chi connectivity index (χ2v) is 12.0. The molecule has 4 amide bonds. The highest BCUT2D eigenvalue weighted by molar-refractivity contribution is 9.11. The first-order valence-corrected chi connectivity index (χ1v) is 14.2. The highest BCUT2D eigenvalue weighted by Crippen LogP contribution is 2.37. The van der Waals surface area contributed by atoms with Crippen LogP contribution in [0.25, 0.3) is 0 Å². The number of nitrogens with two attached hydrogens (primary N) is 2. The van der Waals surface area contributed by atoms with Crippen LogP contribution in [-0.2, 0) is 25.6 Å². The Bertz CT molecular complexity index is 1070. The lowest BCUT2D eigenvalue weighted by atomic mass is 9.86. The minimum absolute atomic E-state index is 0.127. The average Bonchev–Trinajstić information content (AvgIpc) is 3.48. The van der Waals surface area contributed by atoms with Crippen LogP contribution in [0.3, 0.4) is 0 Å². The average molecular weight is 661 g/mol. The molecule has 0 unspecified atom stereocenters. The van der Waals surface area contributed by atoms with Crippen molar-refractivity contribution in [3.8, 4) is 0 Å². The number of aliphatic hydroxyl groups is 2. The molecule has 0 bridgehead atoms. The summed E-state index contributed by atoms with van der Waals surface area (Å²) in [7, 11) is 0. The fraction of sp³-hybridized carbons (Fsp3) is 0.600. The highest BCUT2D eigenvalue weighted by atomic mass is 79.9. The molecular weight excluding hydrogens is 626 g/mol. The molecular formula is C25H35Br2N5O6. The van der Waals surface area contributed by atoms with Crippen LogP contribution in [0.1, 0.15) is 45.1 Å². The van der Waals surface area contributed by atoms with Gasteiger partial charge in [0.1, 0.15) is 23.7 Å². The standard InChI is InChI=1S/C25H35Br2N5O6/c1-13(33)19(28)23(37)31-7-3-5-18(31)22(36)32-8-4-6-25(32,12-15-9-16(26)11-17(27)10-15)24(38)30-20(14(2)34)21(29)35/h9-11,13-14,18-20,33-34H,3-8,12,28H2,1-2H3,(H2,29,35)(H,30,38)/t13-,14+,18-,19-,20-,25+/m0/s1. The molecule has 0 spiro atoms. The van der Waals surface area contributed by atoms with E-state index in [9.17, 15) is 29.4 Å². The summed E-state index contributed by atoms with van der Waals surface area (Å²) >= 11 is 6.92. The molecule has 1 aromatic carbocycles. The molecule has 1 aromatic rings. The van der Waals surface area contributed by atoms with Gasteiger partial charge in [0.2, 0.25) is 23.6 Å². The van der Waals surface area contributed by atoms with Gasteiger partial charge in [0.15, 0.2) is 0 Å². The zero-order valence-electron chi connectivity index (χ0n) is 21.4. The quantitative estimate of drug-likeness (QED) is 0.250.